The lowest BCUT2D eigenvalue weighted by Crippen LogP contribution is -2.00. The molecule has 0 radical (unpaired) electrons. The Morgan fingerprint density at radius 3 is 1.58 bits per heavy atom. The Balaban J connectivity index is 0.000000186. The van der Waals surface area contributed by atoms with Crippen molar-refractivity contribution in [1.29, 1.82) is 0 Å². The molecule has 4 rings (SSSR count). The maximum absolute atomic E-state index is 10.8. The van der Waals surface area contributed by atoms with Crippen LogP contribution >= 0.6 is 0 Å². The third-order valence-electron chi connectivity index (χ3n) is 5.42. The van der Waals surface area contributed by atoms with Crippen molar-refractivity contribution in [3.05, 3.63) is 95.6 Å². The van der Waals surface area contributed by atoms with Gasteiger partial charge in [-0.15, -0.1) is 0 Å². The van der Waals surface area contributed by atoms with Gasteiger partial charge in [0.05, 0.1) is 5.56 Å². The molecular formula is C27H28N4O2. The highest BCUT2D eigenvalue weighted by molar-refractivity contribution is 5.92. The van der Waals surface area contributed by atoms with Crippen LogP contribution in [0.2, 0.25) is 0 Å². The second-order valence-corrected chi connectivity index (χ2v) is 7.84. The van der Waals surface area contributed by atoms with Gasteiger partial charge in [-0.05, 0) is 78.6 Å². The summed E-state index contributed by atoms with van der Waals surface area (Å²) in [5.74, 6) is -0.996. The predicted octanol–water partition coefficient (Wildman–Crippen LogP) is 5.35. The van der Waals surface area contributed by atoms with Crippen molar-refractivity contribution in [3.8, 4) is 22.3 Å². The number of benzene rings is 4. The molecule has 0 atom stereocenters. The average molecular weight is 441 g/mol. The number of carboxylic acids is 1. The topological polar surface area (TPSA) is 141 Å². The van der Waals surface area contributed by atoms with E-state index in [9.17, 15) is 4.79 Å². The van der Waals surface area contributed by atoms with E-state index in [0.717, 1.165) is 33.6 Å². The van der Waals surface area contributed by atoms with Crippen LogP contribution in [-0.4, -0.2) is 11.1 Å². The van der Waals surface area contributed by atoms with Gasteiger partial charge in [0, 0.05) is 33.9 Å². The molecule has 0 aliphatic carbocycles. The lowest BCUT2D eigenvalue weighted by atomic mass is 10.0. The fourth-order valence-electron chi connectivity index (χ4n) is 3.39. The minimum Gasteiger partial charge on any atom is -0.478 e. The van der Waals surface area contributed by atoms with Crippen LogP contribution in [0, 0.1) is 13.8 Å². The van der Waals surface area contributed by atoms with Gasteiger partial charge in [-0.2, -0.15) is 0 Å². The normalized spacial score (nSPS) is 10.2. The number of rotatable bonds is 3. The SMILES string of the molecule is Cc1cc(-c2ccc(N)c(C)c2)ccc1N.Nc1ccccc1-c1ccc(C(=O)O)cc1N. The van der Waals surface area contributed by atoms with Gasteiger partial charge in [0.1, 0.15) is 0 Å². The van der Waals surface area contributed by atoms with Gasteiger partial charge >= 0.3 is 5.97 Å². The van der Waals surface area contributed by atoms with E-state index in [1.54, 1.807) is 12.1 Å². The summed E-state index contributed by atoms with van der Waals surface area (Å²) in [5.41, 5.74) is 32.2. The number of nitrogens with two attached hydrogens (primary N) is 4. The number of carboxylic acid groups (broad SMARTS) is 1. The van der Waals surface area contributed by atoms with Gasteiger partial charge in [-0.25, -0.2) is 4.79 Å². The van der Waals surface area contributed by atoms with Gasteiger partial charge in [0.15, 0.2) is 0 Å². The summed E-state index contributed by atoms with van der Waals surface area (Å²) in [4.78, 5) is 10.8. The Morgan fingerprint density at radius 2 is 1.12 bits per heavy atom. The van der Waals surface area contributed by atoms with Crippen molar-refractivity contribution in [1.82, 2.24) is 0 Å². The highest BCUT2D eigenvalue weighted by Crippen LogP contribution is 2.31. The molecule has 0 amide bonds. The van der Waals surface area contributed by atoms with E-state index in [-0.39, 0.29) is 5.56 Å². The van der Waals surface area contributed by atoms with Gasteiger partial charge in [-0.3, -0.25) is 0 Å². The van der Waals surface area contributed by atoms with Crippen molar-refractivity contribution in [2.75, 3.05) is 22.9 Å². The number of anilines is 4. The number of nitrogen functional groups attached to an aromatic ring is 4. The smallest absolute Gasteiger partial charge is 0.335 e. The minimum atomic E-state index is -0.996. The van der Waals surface area contributed by atoms with Crippen molar-refractivity contribution >= 4 is 28.7 Å². The van der Waals surface area contributed by atoms with Crippen LogP contribution in [-0.2, 0) is 0 Å². The number of hydrogen-bond donors (Lipinski definition) is 5. The summed E-state index contributed by atoms with van der Waals surface area (Å²) in [7, 11) is 0. The van der Waals surface area contributed by atoms with Crippen LogP contribution in [0.3, 0.4) is 0 Å². The fourth-order valence-corrected chi connectivity index (χ4v) is 3.39. The highest BCUT2D eigenvalue weighted by atomic mass is 16.4. The molecule has 0 unspecified atom stereocenters. The molecule has 4 aromatic carbocycles. The van der Waals surface area contributed by atoms with E-state index in [4.69, 9.17) is 28.0 Å². The Hall–Kier alpha value is -4.45. The van der Waals surface area contributed by atoms with E-state index in [1.165, 1.54) is 23.3 Å². The largest absolute Gasteiger partial charge is 0.478 e. The number of aromatic carboxylic acids is 1. The first kappa shape index (κ1) is 23.2. The molecule has 168 valence electrons. The van der Waals surface area contributed by atoms with E-state index < -0.39 is 5.97 Å². The van der Waals surface area contributed by atoms with E-state index in [1.807, 2.05) is 56.3 Å². The first-order valence-electron chi connectivity index (χ1n) is 10.4. The highest BCUT2D eigenvalue weighted by Gasteiger charge is 2.09. The zero-order valence-electron chi connectivity index (χ0n) is 18.7. The number of carbonyl (C=O) groups is 1. The maximum Gasteiger partial charge on any atom is 0.335 e. The van der Waals surface area contributed by atoms with Gasteiger partial charge in [-0.1, -0.05) is 36.4 Å². The molecule has 0 saturated carbocycles. The van der Waals surface area contributed by atoms with Crippen molar-refractivity contribution < 1.29 is 9.90 Å². The lowest BCUT2D eigenvalue weighted by molar-refractivity contribution is 0.0697. The molecule has 0 bridgehead atoms. The molecule has 0 aliphatic rings. The monoisotopic (exact) mass is 440 g/mol. The molecular weight excluding hydrogens is 412 g/mol. The van der Waals surface area contributed by atoms with Crippen LogP contribution in [0.4, 0.5) is 22.7 Å². The number of aryl methyl sites for hydroxylation is 2. The first-order chi connectivity index (χ1) is 15.7. The predicted molar refractivity (Wildman–Crippen MR) is 138 cm³/mol. The van der Waals surface area contributed by atoms with E-state index in [0.29, 0.717) is 11.4 Å². The minimum absolute atomic E-state index is 0.167. The molecule has 6 heteroatoms. The molecule has 33 heavy (non-hydrogen) atoms. The fraction of sp³-hybridized carbons (Fsp3) is 0.0741. The maximum atomic E-state index is 10.8. The first-order valence-corrected chi connectivity index (χ1v) is 10.4. The van der Waals surface area contributed by atoms with Crippen LogP contribution in [0.15, 0.2) is 78.9 Å². The second-order valence-electron chi connectivity index (χ2n) is 7.84. The average Bonchev–Trinajstić information content (AvgIpc) is 2.78. The second kappa shape index (κ2) is 9.78. The molecule has 0 heterocycles. The van der Waals surface area contributed by atoms with Crippen molar-refractivity contribution in [2.24, 2.45) is 0 Å². The molecule has 0 spiro atoms. The van der Waals surface area contributed by atoms with Crippen molar-refractivity contribution in [2.45, 2.75) is 13.8 Å². The van der Waals surface area contributed by atoms with Gasteiger partial charge < -0.3 is 28.0 Å². The standard InChI is InChI=1S/C14H16N2.C13H12N2O2/c1-9-7-11(3-5-13(9)15)12-4-6-14(16)10(2)8-12;14-11-4-2-1-3-9(11)10-6-5-8(13(16)17)7-12(10)15/h3-8H,15-16H2,1-2H3;1-7H,14-15H2,(H,16,17). The number of para-hydroxylation sites is 1. The quantitative estimate of drug-likeness (QED) is 0.272. The van der Waals surface area contributed by atoms with Crippen LogP contribution < -0.4 is 22.9 Å². The van der Waals surface area contributed by atoms with Crippen LogP contribution in [0.5, 0.6) is 0 Å². The zero-order valence-corrected chi connectivity index (χ0v) is 18.7. The summed E-state index contributed by atoms with van der Waals surface area (Å²) in [6.45, 7) is 4.03. The molecule has 6 nitrogen and oxygen atoms in total. The zero-order chi connectivity index (χ0) is 24.1. The Labute approximate surface area is 193 Å². The third-order valence-corrected chi connectivity index (χ3v) is 5.42. The third kappa shape index (κ3) is 5.43. The summed E-state index contributed by atoms with van der Waals surface area (Å²) < 4.78 is 0. The van der Waals surface area contributed by atoms with Crippen LogP contribution in [0.1, 0.15) is 21.5 Å². The summed E-state index contributed by atoms with van der Waals surface area (Å²) in [6.07, 6.45) is 0. The molecule has 0 saturated heterocycles. The Bertz CT molecular complexity index is 1270. The van der Waals surface area contributed by atoms with E-state index in [2.05, 4.69) is 12.1 Å². The van der Waals surface area contributed by atoms with E-state index >= 15 is 0 Å². The molecule has 0 aliphatic heterocycles. The number of hydrogen-bond acceptors (Lipinski definition) is 5. The summed E-state index contributed by atoms with van der Waals surface area (Å²) >= 11 is 0. The molecule has 0 fully saturated rings. The Morgan fingerprint density at radius 1 is 0.606 bits per heavy atom. The van der Waals surface area contributed by atoms with Gasteiger partial charge in [0.2, 0.25) is 0 Å². The Kier molecular flexibility index (Phi) is 6.88. The molecule has 0 aromatic heterocycles. The molecule has 4 aromatic rings. The molecule has 9 N–H and O–H groups in total. The lowest BCUT2D eigenvalue weighted by Gasteiger charge is -2.09. The summed E-state index contributed by atoms with van der Waals surface area (Å²) in [5, 5.41) is 8.85. The van der Waals surface area contributed by atoms with Crippen LogP contribution in [0.25, 0.3) is 22.3 Å². The van der Waals surface area contributed by atoms with Gasteiger partial charge in [0.25, 0.3) is 0 Å². The summed E-state index contributed by atoms with van der Waals surface area (Å²) in [6, 6.07) is 24.1. The van der Waals surface area contributed by atoms with Crippen molar-refractivity contribution in [3.63, 3.8) is 0 Å².